The lowest BCUT2D eigenvalue weighted by Gasteiger charge is -2.13. The number of amides is 1. The lowest BCUT2D eigenvalue weighted by atomic mass is 10.2. The van der Waals surface area contributed by atoms with Crippen LogP contribution in [0.4, 0.5) is 11.4 Å². The monoisotopic (exact) mass is 402 g/mol. The Kier molecular flexibility index (Phi) is 5.98. The first-order chi connectivity index (χ1) is 13.0. The minimum absolute atomic E-state index is 0.186. The molecule has 0 unspecified atom stereocenters. The second-order valence-corrected chi connectivity index (χ2v) is 7.29. The number of benzene rings is 1. The molecule has 9 heteroatoms. The van der Waals surface area contributed by atoms with E-state index in [-0.39, 0.29) is 16.8 Å². The summed E-state index contributed by atoms with van der Waals surface area (Å²) in [4.78, 5) is 18.1. The summed E-state index contributed by atoms with van der Waals surface area (Å²) < 4.78 is 1.88. The van der Waals surface area contributed by atoms with E-state index in [1.54, 1.807) is 18.3 Å². The van der Waals surface area contributed by atoms with Crippen LogP contribution in [0.15, 0.2) is 47.8 Å². The van der Waals surface area contributed by atoms with Crippen molar-refractivity contribution < 1.29 is 4.79 Å². The number of carbonyl (C=O) groups is 1. The van der Waals surface area contributed by atoms with Gasteiger partial charge in [0, 0.05) is 38.6 Å². The van der Waals surface area contributed by atoms with Crippen molar-refractivity contribution in [1.82, 2.24) is 19.7 Å². The first-order valence-corrected chi connectivity index (χ1v) is 9.52. The van der Waals surface area contributed by atoms with Crippen molar-refractivity contribution in [2.45, 2.75) is 5.16 Å². The summed E-state index contributed by atoms with van der Waals surface area (Å²) >= 11 is 7.26. The molecule has 1 aromatic carbocycles. The average Bonchev–Trinajstić information content (AvgIpc) is 3.02. The van der Waals surface area contributed by atoms with Crippen LogP contribution in [0.5, 0.6) is 0 Å². The number of hydrogen-bond acceptors (Lipinski definition) is 6. The van der Waals surface area contributed by atoms with Gasteiger partial charge in [0.05, 0.1) is 11.4 Å². The molecule has 0 atom stereocenters. The van der Waals surface area contributed by atoms with Crippen molar-refractivity contribution in [2.75, 3.05) is 30.1 Å². The maximum absolute atomic E-state index is 12.2. The van der Waals surface area contributed by atoms with Crippen molar-refractivity contribution in [3.8, 4) is 11.4 Å². The van der Waals surface area contributed by atoms with E-state index < -0.39 is 0 Å². The van der Waals surface area contributed by atoms with Gasteiger partial charge in [-0.1, -0.05) is 35.5 Å². The van der Waals surface area contributed by atoms with Gasteiger partial charge in [-0.05, 0) is 24.3 Å². The second kappa shape index (κ2) is 8.41. The maximum atomic E-state index is 12.2. The Morgan fingerprint density at radius 2 is 2.07 bits per heavy atom. The zero-order chi connectivity index (χ0) is 19.4. The van der Waals surface area contributed by atoms with Crippen LogP contribution >= 0.6 is 23.4 Å². The molecule has 0 saturated heterocycles. The Hall–Kier alpha value is -2.58. The number of anilines is 2. The molecule has 0 aliphatic carbocycles. The van der Waals surface area contributed by atoms with E-state index in [9.17, 15) is 4.79 Å². The number of nitrogens with zero attached hydrogens (tertiary/aromatic N) is 5. The van der Waals surface area contributed by atoms with E-state index in [2.05, 4.69) is 26.6 Å². The highest BCUT2D eigenvalue weighted by Crippen LogP contribution is 2.26. The molecule has 1 N–H and O–H groups in total. The third-order valence-corrected chi connectivity index (χ3v) is 5.14. The maximum Gasteiger partial charge on any atom is 0.234 e. The van der Waals surface area contributed by atoms with Gasteiger partial charge in [-0.25, -0.2) is 4.98 Å². The van der Waals surface area contributed by atoms with Gasteiger partial charge in [-0.3, -0.25) is 4.79 Å². The summed E-state index contributed by atoms with van der Waals surface area (Å²) in [5.74, 6) is 0.750. The smallest absolute Gasteiger partial charge is 0.234 e. The topological polar surface area (TPSA) is 75.9 Å². The molecular formula is C18H19ClN6OS. The third-order valence-electron chi connectivity index (χ3n) is 3.82. The van der Waals surface area contributed by atoms with Gasteiger partial charge in [0.15, 0.2) is 16.1 Å². The number of halogens is 1. The molecule has 0 radical (unpaired) electrons. The predicted octanol–water partition coefficient (Wildman–Crippen LogP) is 3.33. The highest BCUT2D eigenvalue weighted by atomic mass is 35.5. The average molecular weight is 403 g/mol. The Balaban J connectivity index is 1.68. The normalized spacial score (nSPS) is 10.7. The highest BCUT2D eigenvalue weighted by Gasteiger charge is 2.14. The summed E-state index contributed by atoms with van der Waals surface area (Å²) in [6.45, 7) is 0. The number of carbonyl (C=O) groups excluding carboxylic acids is 1. The lowest BCUT2D eigenvalue weighted by molar-refractivity contribution is -0.113. The fourth-order valence-electron chi connectivity index (χ4n) is 2.41. The van der Waals surface area contributed by atoms with Gasteiger partial charge in [-0.15, -0.1) is 10.2 Å². The van der Waals surface area contributed by atoms with Gasteiger partial charge >= 0.3 is 0 Å². The van der Waals surface area contributed by atoms with Crippen molar-refractivity contribution in [1.29, 1.82) is 0 Å². The van der Waals surface area contributed by atoms with Crippen LogP contribution < -0.4 is 10.2 Å². The number of nitrogens with one attached hydrogen (secondary N) is 1. The van der Waals surface area contributed by atoms with Crippen LogP contribution in [-0.2, 0) is 11.8 Å². The van der Waals surface area contributed by atoms with Gasteiger partial charge < -0.3 is 14.8 Å². The Bertz CT molecular complexity index is 959. The van der Waals surface area contributed by atoms with Gasteiger partial charge in [0.1, 0.15) is 0 Å². The molecule has 0 saturated carbocycles. The summed E-state index contributed by atoms with van der Waals surface area (Å²) in [7, 11) is 5.87. The molecular weight excluding hydrogens is 384 g/mol. The largest absolute Gasteiger partial charge is 0.378 e. The summed E-state index contributed by atoms with van der Waals surface area (Å²) in [6.07, 6.45) is 1.57. The van der Waals surface area contributed by atoms with E-state index in [1.165, 1.54) is 11.8 Å². The SMILES string of the molecule is CN(C)c1cccc(-c2nnc(SCC(=O)Nc3cccnc3Cl)n2C)c1. The summed E-state index contributed by atoms with van der Waals surface area (Å²) in [6, 6.07) is 11.5. The van der Waals surface area contributed by atoms with Crippen LogP contribution in [0, 0.1) is 0 Å². The van der Waals surface area contributed by atoms with Crippen LogP contribution in [0.25, 0.3) is 11.4 Å². The van der Waals surface area contributed by atoms with E-state index in [0.29, 0.717) is 10.8 Å². The number of rotatable bonds is 6. The zero-order valence-corrected chi connectivity index (χ0v) is 16.8. The minimum Gasteiger partial charge on any atom is -0.378 e. The van der Waals surface area contributed by atoms with Crippen LogP contribution in [0.2, 0.25) is 5.15 Å². The first-order valence-electron chi connectivity index (χ1n) is 8.16. The van der Waals surface area contributed by atoms with E-state index >= 15 is 0 Å². The zero-order valence-electron chi connectivity index (χ0n) is 15.2. The van der Waals surface area contributed by atoms with Crippen molar-refractivity contribution in [3.63, 3.8) is 0 Å². The second-order valence-electron chi connectivity index (χ2n) is 5.99. The van der Waals surface area contributed by atoms with E-state index in [0.717, 1.165) is 17.1 Å². The number of thioether (sulfide) groups is 1. The number of aromatic nitrogens is 4. The Labute approximate surface area is 166 Å². The Morgan fingerprint density at radius 1 is 1.26 bits per heavy atom. The molecule has 2 heterocycles. The molecule has 0 bridgehead atoms. The molecule has 0 spiro atoms. The minimum atomic E-state index is -0.186. The highest BCUT2D eigenvalue weighted by molar-refractivity contribution is 7.99. The van der Waals surface area contributed by atoms with Crippen LogP contribution in [0.3, 0.4) is 0 Å². The molecule has 7 nitrogen and oxygen atoms in total. The fourth-order valence-corrected chi connectivity index (χ4v) is 3.29. The molecule has 0 aliphatic rings. The van der Waals surface area contributed by atoms with Gasteiger partial charge in [-0.2, -0.15) is 0 Å². The number of pyridine rings is 1. The van der Waals surface area contributed by atoms with Gasteiger partial charge in [0.25, 0.3) is 0 Å². The van der Waals surface area contributed by atoms with Crippen LogP contribution in [0.1, 0.15) is 0 Å². The summed E-state index contributed by atoms with van der Waals surface area (Å²) in [5.41, 5.74) is 2.54. The van der Waals surface area contributed by atoms with E-state index in [1.807, 2.05) is 48.8 Å². The molecule has 0 aliphatic heterocycles. The van der Waals surface area contributed by atoms with Crippen molar-refractivity contribution in [2.24, 2.45) is 7.05 Å². The predicted molar refractivity (Wildman–Crippen MR) is 109 cm³/mol. The molecule has 3 aromatic rings. The summed E-state index contributed by atoms with van der Waals surface area (Å²) in [5, 5.41) is 12.1. The van der Waals surface area contributed by atoms with Crippen molar-refractivity contribution in [3.05, 3.63) is 47.7 Å². The molecule has 3 rings (SSSR count). The molecule has 0 fully saturated rings. The fraction of sp³-hybridized carbons (Fsp3) is 0.222. The van der Waals surface area contributed by atoms with Gasteiger partial charge in [0.2, 0.25) is 5.91 Å². The third kappa shape index (κ3) is 4.58. The lowest BCUT2D eigenvalue weighted by Crippen LogP contribution is -2.15. The van der Waals surface area contributed by atoms with Crippen LogP contribution in [-0.4, -0.2) is 45.5 Å². The Morgan fingerprint density at radius 3 is 2.81 bits per heavy atom. The first kappa shape index (κ1) is 19.2. The molecule has 1 amide bonds. The van der Waals surface area contributed by atoms with E-state index in [4.69, 9.17) is 11.6 Å². The number of hydrogen-bond donors (Lipinski definition) is 1. The molecule has 2 aromatic heterocycles. The van der Waals surface area contributed by atoms with Crippen molar-refractivity contribution >= 4 is 40.6 Å². The molecule has 27 heavy (non-hydrogen) atoms. The molecule has 140 valence electrons. The standard InChI is InChI=1S/C18H19ClN6OS/c1-24(2)13-7-4-6-12(10-13)17-22-23-18(25(17)3)27-11-15(26)21-14-8-5-9-20-16(14)19/h4-10H,11H2,1-3H3,(H,21,26). The quantitative estimate of drug-likeness (QED) is 0.503.